The van der Waals surface area contributed by atoms with Gasteiger partial charge in [-0.15, -0.1) is 0 Å². The van der Waals surface area contributed by atoms with Gasteiger partial charge in [-0.1, -0.05) is 42.5 Å². The first-order valence-electron chi connectivity index (χ1n) is 12.9. The van der Waals surface area contributed by atoms with Gasteiger partial charge in [0.1, 0.15) is 11.9 Å². The Balaban J connectivity index is 0.000000218. The molecule has 214 valence electrons. The fraction of sp³-hybridized carbons (Fsp3) is 0.200. The minimum Gasteiger partial charge on any atom is -0.442 e. The molecule has 1 fully saturated rings. The van der Waals surface area contributed by atoms with E-state index in [1.165, 1.54) is 21.9 Å². The van der Waals surface area contributed by atoms with Crippen LogP contribution in [-0.4, -0.2) is 43.6 Å². The Morgan fingerprint density at radius 3 is 2.34 bits per heavy atom. The maximum atomic E-state index is 14.6. The molecule has 1 aromatic heterocycles. The number of nitrogens with one attached hydrogen (secondary N) is 1. The number of benzene rings is 3. The molecule has 1 unspecified atom stereocenters. The molecule has 3 N–H and O–H groups in total. The molecule has 0 radical (unpaired) electrons. The van der Waals surface area contributed by atoms with Gasteiger partial charge in [0, 0.05) is 30.9 Å². The van der Waals surface area contributed by atoms with Crippen molar-refractivity contribution in [1.82, 2.24) is 9.29 Å². The van der Waals surface area contributed by atoms with Crippen molar-refractivity contribution in [2.24, 2.45) is 5.73 Å². The van der Waals surface area contributed by atoms with Gasteiger partial charge in [-0.25, -0.2) is 21.6 Å². The lowest BCUT2D eigenvalue weighted by molar-refractivity contribution is -0.119. The first kappa shape index (κ1) is 29.5. The fourth-order valence-corrected chi connectivity index (χ4v) is 5.65. The van der Waals surface area contributed by atoms with Crippen LogP contribution in [0.4, 0.5) is 14.9 Å². The molecule has 1 aliphatic rings. The van der Waals surface area contributed by atoms with E-state index in [1.54, 1.807) is 67.7 Å². The third-order valence-electron chi connectivity index (χ3n) is 6.42. The van der Waals surface area contributed by atoms with E-state index in [0.29, 0.717) is 28.4 Å². The molecule has 5 rings (SSSR count). The molecule has 4 aromatic rings. The zero-order valence-electron chi connectivity index (χ0n) is 22.7. The molecule has 2 heterocycles. The number of aromatic nitrogens is 1. The highest BCUT2D eigenvalue weighted by molar-refractivity contribution is 7.90. The quantitative estimate of drug-likeness (QED) is 0.334. The van der Waals surface area contributed by atoms with Crippen molar-refractivity contribution in [3.63, 3.8) is 0 Å². The first-order chi connectivity index (χ1) is 19.6. The Bertz CT molecular complexity index is 1620. The van der Waals surface area contributed by atoms with Crippen LogP contribution >= 0.6 is 0 Å². The molecule has 3 aromatic carbocycles. The standard InChI is InChI=1S/C19H20FN3O3.C11H11NO2S/c1-12(24)22-10-16-11-23(19(25)26-16)15-6-7-17(18(20)8-15)14-4-2-13(9-21)3-5-14;1-10-6-5-9-12(10)15(13,14)11-7-3-2-4-8-11/h2-8,16H,9-11,21H2,1H3,(H,22,24);2-9H,1H3. The number of carbonyl (C=O) groups excluding carboxylic acids is 2. The summed E-state index contributed by atoms with van der Waals surface area (Å²) >= 11 is 0. The largest absolute Gasteiger partial charge is 0.442 e. The van der Waals surface area contributed by atoms with Crippen LogP contribution in [0, 0.1) is 12.7 Å². The van der Waals surface area contributed by atoms with Crippen LogP contribution in [0.3, 0.4) is 0 Å². The second-order valence-electron chi connectivity index (χ2n) is 9.38. The van der Waals surface area contributed by atoms with Gasteiger partial charge >= 0.3 is 6.09 Å². The molecule has 0 saturated carbocycles. The lowest BCUT2D eigenvalue weighted by Crippen LogP contribution is -2.33. The Kier molecular flexibility index (Phi) is 9.21. The second-order valence-corrected chi connectivity index (χ2v) is 11.2. The number of hydrogen-bond acceptors (Lipinski definition) is 6. The SMILES string of the molecule is CC(=O)NCC1CN(c2ccc(-c3ccc(CN)cc3)c(F)c2)C(=O)O1.Cc1cccn1S(=O)(=O)c1ccccc1. The van der Waals surface area contributed by atoms with Gasteiger partial charge in [-0.05, 0) is 60.5 Å². The number of cyclic esters (lactones) is 1. The van der Waals surface area contributed by atoms with Crippen LogP contribution in [0.2, 0.25) is 0 Å². The maximum Gasteiger partial charge on any atom is 0.414 e. The van der Waals surface area contributed by atoms with Crippen molar-refractivity contribution in [2.45, 2.75) is 31.4 Å². The minimum atomic E-state index is -3.41. The number of nitrogens with zero attached hydrogens (tertiary/aromatic N) is 2. The van der Waals surface area contributed by atoms with Crippen LogP contribution in [0.1, 0.15) is 18.2 Å². The second kappa shape index (κ2) is 12.8. The van der Waals surface area contributed by atoms with E-state index in [2.05, 4.69) is 5.32 Å². The van der Waals surface area contributed by atoms with Crippen molar-refractivity contribution in [2.75, 3.05) is 18.0 Å². The summed E-state index contributed by atoms with van der Waals surface area (Å²) in [5.74, 6) is -0.628. The molecule has 0 spiro atoms. The van der Waals surface area contributed by atoms with Gasteiger partial charge < -0.3 is 15.8 Å². The molecule has 2 amide bonds. The number of anilines is 1. The minimum absolute atomic E-state index is 0.199. The predicted molar refractivity (Wildman–Crippen MR) is 154 cm³/mol. The van der Waals surface area contributed by atoms with Crippen molar-refractivity contribution in [1.29, 1.82) is 0 Å². The maximum absolute atomic E-state index is 14.6. The molecule has 0 bridgehead atoms. The number of rotatable bonds is 7. The number of hydrogen-bond donors (Lipinski definition) is 2. The van der Waals surface area contributed by atoms with Gasteiger partial charge in [0.15, 0.2) is 0 Å². The Morgan fingerprint density at radius 2 is 1.76 bits per heavy atom. The molecule has 11 heteroatoms. The molecule has 1 saturated heterocycles. The molecule has 41 heavy (non-hydrogen) atoms. The average Bonchev–Trinajstić information content (AvgIpc) is 3.58. The highest BCUT2D eigenvalue weighted by Crippen LogP contribution is 2.29. The highest BCUT2D eigenvalue weighted by atomic mass is 32.2. The number of halogens is 1. The van der Waals surface area contributed by atoms with Crippen molar-refractivity contribution in [3.05, 3.63) is 108 Å². The smallest absolute Gasteiger partial charge is 0.414 e. The molecule has 9 nitrogen and oxygen atoms in total. The topological polar surface area (TPSA) is 124 Å². The molecular weight excluding hydrogens is 547 g/mol. The summed E-state index contributed by atoms with van der Waals surface area (Å²) in [6.45, 7) is 4.07. The number of nitrogens with two attached hydrogens (primary N) is 1. The normalized spacial score (nSPS) is 14.7. The third kappa shape index (κ3) is 7.00. The lowest BCUT2D eigenvalue weighted by Gasteiger charge is -2.14. The predicted octanol–water partition coefficient (Wildman–Crippen LogP) is 4.45. The van der Waals surface area contributed by atoms with Gasteiger partial charge in [-0.2, -0.15) is 0 Å². The number of carbonyl (C=O) groups is 2. The van der Waals surface area contributed by atoms with E-state index >= 15 is 0 Å². The summed E-state index contributed by atoms with van der Waals surface area (Å²) in [5, 5.41) is 2.61. The van der Waals surface area contributed by atoms with Gasteiger partial charge in [0.05, 0.1) is 23.7 Å². The summed E-state index contributed by atoms with van der Waals surface area (Å²) < 4.78 is 45.2. The number of ether oxygens (including phenoxy) is 1. The summed E-state index contributed by atoms with van der Waals surface area (Å²) in [7, 11) is -3.41. The third-order valence-corrected chi connectivity index (χ3v) is 8.22. The van der Waals surface area contributed by atoms with Crippen LogP contribution in [-0.2, 0) is 26.1 Å². The summed E-state index contributed by atoms with van der Waals surface area (Å²) in [4.78, 5) is 24.7. The van der Waals surface area contributed by atoms with Crippen LogP contribution in [0.15, 0.2) is 96.0 Å². The van der Waals surface area contributed by atoms with Crippen molar-refractivity contribution >= 4 is 27.7 Å². The summed E-state index contributed by atoms with van der Waals surface area (Å²) in [5.41, 5.74) is 8.85. The first-order valence-corrected chi connectivity index (χ1v) is 14.3. The zero-order valence-corrected chi connectivity index (χ0v) is 23.5. The summed E-state index contributed by atoms with van der Waals surface area (Å²) in [6.07, 6.45) is 0.537. The number of amides is 2. The van der Waals surface area contributed by atoms with E-state index < -0.39 is 28.0 Å². The summed E-state index contributed by atoms with van der Waals surface area (Å²) in [6, 6.07) is 23.9. The molecule has 1 atom stereocenters. The highest BCUT2D eigenvalue weighted by Gasteiger charge is 2.32. The molecule has 1 aliphatic heterocycles. The molecule has 0 aliphatic carbocycles. The van der Waals surface area contributed by atoms with Gasteiger partial charge in [0.2, 0.25) is 5.91 Å². The van der Waals surface area contributed by atoms with Crippen molar-refractivity contribution < 1.29 is 27.1 Å². The average molecular weight is 579 g/mol. The van der Waals surface area contributed by atoms with E-state index in [1.807, 2.05) is 24.3 Å². The Labute approximate surface area is 238 Å². The van der Waals surface area contributed by atoms with E-state index in [4.69, 9.17) is 10.5 Å². The van der Waals surface area contributed by atoms with Crippen molar-refractivity contribution in [3.8, 4) is 11.1 Å². The molecular formula is C30H31FN4O5S. The van der Waals surface area contributed by atoms with Gasteiger partial charge in [0.25, 0.3) is 10.0 Å². The van der Waals surface area contributed by atoms with Crippen LogP contribution in [0.25, 0.3) is 11.1 Å². The van der Waals surface area contributed by atoms with Crippen LogP contribution < -0.4 is 16.0 Å². The van der Waals surface area contributed by atoms with E-state index in [9.17, 15) is 22.4 Å². The Hall–Kier alpha value is -4.48. The van der Waals surface area contributed by atoms with Gasteiger partial charge in [-0.3, -0.25) is 9.69 Å². The lowest BCUT2D eigenvalue weighted by atomic mass is 10.0. The zero-order chi connectivity index (χ0) is 29.6. The van der Waals surface area contributed by atoms with Crippen LogP contribution in [0.5, 0.6) is 0 Å². The number of aryl methyl sites for hydroxylation is 1. The fourth-order valence-electron chi connectivity index (χ4n) is 4.25. The van der Waals surface area contributed by atoms with E-state index in [0.717, 1.165) is 11.1 Å². The Morgan fingerprint density at radius 1 is 1.05 bits per heavy atom. The monoisotopic (exact) mass is 578 g/mol. The van der Waals surface area contributed by atoms with E-state index in [-0.39, 0.29) is 19.0 Å².